The lowest BCUT2D eigenvalue weighted by Gasteiger charge is -2.38. The fourth-order valence-electron chi connectivity index (χ4n) is 2.72. The number of hydrogen-bond donors (Lipinski definition) is 1. The van der Waals surface area contributed by atoms with E-state index in [0.29, 0.717) is 6.04 Å². The van der Waals surface area contributed by atoms with Gasteiger partial charge in [0, 0.05) is 18.0 Å². The van der Waals surface area contributed by atoms with Crippen LogP contribution >= 0.6 is 0 Å². The molecule has 0 saturated heterocycles. The summed E-state index contributed by atoms with van der Waals surface area (Å²) in [6.07, 6.45) is 1.08. The molecule has 1 atom stereocenters. The highest BCUT2D eigenvalue weighted by Crippen LogP contribution is 2.41. The summed E-state index contributed by atoms with van der Waals surface area (Å²) in [6.45, 7) is 7.72. The van der Waals surface area contributed by atoms with Gasteiger partial charge in [-0.25, -0.2) is 0 Å². The molecule has 100 valence electrons. The molecule has 1 aromatic carbocycles. The van der Waals surface area contributed by atoms with Crippen molar-refractivity contribution in [3.8, 4) is 11.5 Å². The summed E-state index contributed by atoms with van der Waals surface area (Å²) >= 11 is 0. The lowest BCUT2D eigenvalue weighted by Crippen LogP contribution is -2.41. The van der Waals surface area contributed by atoms with Gasteiger partial charge in [-0.3, -0.25) is 0 Å². The zero-order chi connectivity index (χ0) is 13.3. The van der Waals surface area contributed by atoms with Crippen LogP contribution in [0.25, 0.3) is 0 Å². The van der Waals surface area contributed by atoms with E-state index in [1.807, 2.05) is 0 Å². The Balaban J connectivity index is 2.59. The minimum absolute atomic E-state index is 0.126. The molecule has 1 N–H and O–H groups in total. The van der Waals surface area contributed by atoms with E-state index in [-0.39, 0.29) is 5.41 Å². The predicted molar refractivity (Wildman–Crippen MR) is 73.6 cm³/mol. The molecule has 0 radical (unpaired) electrons. The maximum Gasteiger partial charge on any atom is 0.161 e. The van der Waals surface area contributed by atoms with Gasteiger partial charge in [-0.15, -0.1) is 0 Å². The molecule has 1 unspecified atom stereocenters. The minimum atomic E-state index is 0.126. The molecule has 0 amide bonds. The summed E-state index contributed by atoms with van der Waals surface area (Å²) in [5.41, 5.74) is 2.83. The molecule has 1 aromatic rings. The molecule has 18 heavy (non-hydrogen) atoms. The molecular formula is C15H23NO2. The third-order valence-electron chi connectivity index (χ3n) is 3.86. The minimum Gasteiger partial charge on any atom is -0.493 e. The number of fused-ring (bicyclic) bond motifs is 1. The first kappa shape index (κ1) is 13.2. The molecule has 3 heteroatoms. The third-order valence-corrected chi connectivity index (χ3v) is 3.86. The first-order chi connectivity index (χ1) is 8.53. The summed E-state index contributed by atoms with van der Waals surface area (Å²) in [4.78, 5) is 0. The van der Waals surface area contributed by atoms with Crippen LogP contribution in [0.1, 0.15) is 44.4 Å². The third kappa shape index (κ3) is 2.07. The van der Waals surface area contributed by atoms with Crippen LogP contribution in [-0.2, 0) is 5.41 Å². The molecule has 0 saturated carbocycles. The Hall–Kier alpha value is -1.22. The maximum absolute atomic E-state index is 5.42. The van der Waals surface area contributed by atoms with Gasteiger partial charge in [0.25, 0.3) is 0 Å². The number of ether oxygens (including phenoxy) is 2. The topological polar surface area (TPSA) is 30.5 Å². The Morgan fingerprint density at radius 1 is 1.22 bits per heavy atom. The molecule has 3 nitrogen and oxygen atoms in total. The second-order valence-corrected chi connectivity index (χ2v) is 5.52. The molecule has 1 heterocycles. The normalized spacial score (nSPS) is 21.3. The van der Waals surface area contributed by atoms with Crippen LogP contribution in [0.15, 0.2) is 12.1 Å². The van der Waals surface area contributed by atoms with Gasteiger partial charge in [0.2, 0.25) is 0 Å². The lowest BCUT2D eigenvalue weighted by atomic mass is 9.76. The van der Waals surface area contributed by atoms with E-state index in [9.17, 15) is 0 Å². The highest BCUT2D eigenvalue weighted by Gasteiger charge is 2.33. The monoisotopic (exact) mass is 249 g/mol. The molecule has 0 bridgehead atoms. The van der Waals surface area contributed by atoms with Gasteiger partial charge in [0.1, 0.15) is 0 Å². The van der Waals surface area contributed by atoms with Gasteiger partial charge in [0.05, 0.1) is 14.2 Å². The average molecular weight is 249 g/mol. The van der Waals surface area contributed by atoms with Crippen molar-refractivity contribution >= 4 is 0 Å². The highest BCUT2D eigenvalue weighted by atomic mass is 16.5. The van der Waals surface area contributed by atoms with Crippen molar-refractivity contribution in [1.29, 1.82) is 0 Å². The van der Waals surface area contributed by atoms with E-state index in [4.69, 9.17) is 9.47 Å². The average Bonchev–Trinajstić information content (AvgIpc) is 2.37. The predicted octanol–water partition coefficient (Wildman–Crippen LogP) is 3.04. The van der Waals surface area contributed by atoms with Crippen LogP contribution in [0.4, 0.5) is 0 Å². The molecule has 0 aliphatic carbocycles. The van der Waals surface area contributed by atoms with Crippen molar-refractivity contribution in [2.75, 3.05) is 20.8 Å². The Morgan fingerprint density at radius 3 is 2.39 bits per heavy atom. The van der Waals surface area contributed by atoms with E-state index in [0.717, 1.165) is 24.5 Å². The van der Waals surface area contributed by atoms with Gasteiger partial charge in [0.15, 0.2) is 11.5 Å². The first-order valence-corrected chi connectivity index (χ1v) is 6.53. The fraction of sp³-hybridized carbons (Fsp3) is 0.600. The summed E-state index contributed by atoms with van der Waals surface area (Å²) in [5, 5.41) is 3.61. The van der Waals surface area contributed by atoms with Gasteiger partial charge >= 0.3 is 0 Å². The summed E-state index contributed by atoms with van der Waals surface area (Å²) in [5.74, 6) is 1.63. The van der Waals surface area contributed by atoms with Gasteiger partial charge in [-0.05, 0) is 29.7 Å². The van der Waals surface area contributed by atoms with Crippen LogP contribution in [0.5, 0.6) is 11.5 Å². The van der Waals surface area contributed by atoms with Crippen LogP contribution < -0.4 is 14.8 Å². The van der Waals surface area contributed by atoms with Crippen molar-refractivity contribution in [2.24, 2.45) is 0 Å². The Morgan fingerprint density at radius 2 is 1.83 bits per heavy atom. The van der Waals surface area contributed by atoms with Crippen molar-refractivity contribution in [3.63, 3.8) is 0 Å². The number of methoxy groups -OCH3 is 2. The molecule has 0 fully saturated rings. The zero-order valence-electron chi connectivity index (χ0n) is 12.0. The second kappa shape index (κ2) is 4.81. The first-order valence-electron chi connectivity index (χ1n) is 6.53. The van der Waals surface area contributed by atoms with Crippen molar-refractivity contribution in [3.05, 3.63) is 23.3 Å². The Labute approximate surface area is 109 Å². The summed E-state index contributed by atoms with van der Waals surface area (Å²) < 4.78 is 10.8. The Bertz CT molecular complexity index is 440. The van der Waals surface area contributed by atoms with Crippen LogP contribution in [-0.4, -0.2) is 20.8 Å². The molecule has 2 rings (SSSR count). The van der Waals surface area contributed by atoms with Crippen molar-refractivity contribution in [1.82, 2.24) is 5.32 Å². The van der Waals surface area contributed by atoms with E-state index >= 15 is 0 Å². The van der Waals surface area contributed by atoms with Gasteiger partial charge in [-0.2, -0.15) is 0 Å². The van der Waals surface area contributed by atoms with Crippen LogP contribution in [0, 0.1) is 0 Å². The maximum atomic E-state index is 5.42. The SMILES string of the molecule is CCC1NCC(C)(C)c2cc(OC)c(OC)cc21. The van der Waals surface area contributed by atoms with Crippen molar-refractivity contribution in [2.45, 2.75) is 38.6 Å². The zero-order valence-corrected chi connectivity index (χ0v) is 12.0. The quantitative estimate of drug-likeness (QED) is 0.893. The Kier molecular flexibility index (Phi) is 3.53. The van der Waals surface area contributed by atoms with Crippen molar-refractivity contribution < 1.29 is 9.47 Å². The number of benzene rings is 1. The molecule has 0 spiro atoms. The lowest BCUT2D eigenvalue weighted by molar-refractivity contribution is 0.340. The largest absolute Gasteiger partial charge is 0.493 e. The summed E-state index contributed by atoms with van der Waals surface area (Å²) in [6, 6.07) is 4.67. The number of nitrogens with one attached hydrogen (secondary N) is 1. The summed E-state index contributed by atoms with van der Waals surface area (Å²) in [7, 11) is 3.38. The van der Waals surface area contributed by atoms with Gasteiger partial charge < -0.3 is 14.8 Å². The molecule has 1 aliphatic rings. The van der Waals surface area contributed by atoms with E-state index in [2.05, 4.69) is 38.2 Å². The van der Waals surface area contributed by atoms with Crippen LogP contribution in [0.3, 0.4) is 0 Å². The second-order valence-electron chi connectivity index (χ2n) is 5.52. The smallest absolute Gasteiger partial charge is 0.161 e. The van der Waals surface area contributed by atoms with E-state index < -0.39 is 0 Å². The number of rotatable bonds is 3. The van der Waals surface area contributed by atoms with E-state index in [1.165, 1.54) is 11.1 Å². The van der Waals surface area contributed by atoms with E-state index in [1.54, 1.807) is 14.2 Å². The highest BCUT2D eigenvalue weighted by molar-refractivity contribution is 5.52. The molecular weight excluding hydrogens is 226 g/mol. The standard InChI is InChI=1S/C15H23NO2/c1-6-12-10-7-13(17-4)14(18-5)8-11(10)15(2,3)9-16-12/h7-8,12,16H,6,9H2,1-5H3. The molecule has 0 aromatic heterocycles. The van der Waals surface area contributed by atoms with Crippen LogP contribution in [0.2, 0.25) is 0 Å². The molecule has 1 aliphatic heterocycles. The fourth-order valence-corrected chi connectivity index (χ4v) is 2.72. The van der Waals surface area contributed by atoms with Gasteiger partial charge in [-0.1, -0.05) is 20.8 Å². The number of hydrogen-bond acceptors (Lipinski definition) is 3.